The largest absolute Gasteiger partial charge is 0.349 e. The smallest absolute Gasteiger partial charge is 0.329 e. The van der Waals surface area contributed by atoms with Crippen molar-refractivity contribution < 1.29 is 28.9 Å². The van der Waals surface area contributed by atoms with Crippen molar-refractivity contribution >= 4 is 34.8 Å². The van der Waals surface area contributed by atoms with Gasteiger partial charge in [0.15, 0.2) is 0 Å². The summed E-state index contributed by atoms with van der Waals surface area (Å²) in [5.74, 6) is -2.58. The summed E-state index contributed by atoms with van der Waals surface area (Å²) in [5, 5.41) is 3.98. The molecule has 32 heavy (non-hydrogen) atoms. The quantitative estimate of drug-likeness (QED) is 0.228. The SMILES string of the molecule is O=C(ON1C(=O)C2CC=CCC2C1=O)[C@@H]1CC[C@@H](N(OCc2ccccc2)C(=O)Cl)CN1. The van der Waals surface area contributed by atoms with Crippen molar-refractivity contribution in [2.75, 3.05) is 6.54 Å². The van der Waals surface area contributed by atoms with Gasteiger partial charge < -0.3 is 10.2 Å². The number of carbonyl (C=O) groups excluding carboxylic acids is 4. The molecule has 1 aromatic rings. The lowest BCUT2D eigenvalue weighted by Gasteiger charge is -2.34. The second-order valence-electron chi connectivity index (χ2n) is 8.07. The predicted molar refractivity (Wildman–Crippen MR) is 112 cm³/mol. The minimum atomic E-state index is -0.752. The first kappa shape index (κ1) is 22.4. The molecule has 0 bridgehead atoms. The third kappa shape index (κ3) is 4.69. The number of nitrogens with one attached hydrogen (secondary N) is 1. The standard InChI is InChI=1S/C22H24ClN3O6/c23-22(30)25(31-13-14-6-2-1-3-7-14)15-10-11-18(24-12-15)21(29)32-26-19(27)16-8-4-5-9-17(16)20(26)28/h1-7,15-18,24H,8-13H2/t15-,16?,17?,18+/m1/s1. The molecule has 4 rings (SSSR count). The molecule has 3 aliphatic rings. The number of nitrogens with zero attached hydrogens (tertiary/aromatic N) is 2. The van der Waals surface area contributed by atoms with Crippen LogP contribution in [0.15, 0.2) is 42.5 Å². The highest BCUT2D eigenvalue weighted by atomic mass is 35.5. The van der Waals surface area contributed by atoms with Crippen LogP contribution in [0.3, 0.4) is 0 Å². The lowest BCUT2D eigenvalue weighted by atomic mass is 9.85. The molecule has 2 aliphatic heterocycles. The van der Waals surface area contributed by atoms with Gasteiger partial charge in [0.2, 0.25) is 0 Å². The van der Waals surface area contributed by atoms with Crippen LogP contribution in [-0.4, -0.2) is 51.9 Å². The number of carbonyl (C=O) groups is 4. The summed E-state index contributed by atoms with van der Waals surface area (Å²) in [6.45, 7) is 0.418. The maximum absolute atomic E-state index is 12.6. The molecule has 4 atom stereocenters. The van der Waals surface area contributed by atoms with Crippen LogP contribution < -0.4 is 5.32 Å². The number of allylic oxidation sites excluding steroid dienone is 2. The molecule has 3 amide bonds. The van der Waals surface area contributed by atoms with Gasteiger partial charge in [0.05, 0.1) is 17.9 Å². The molecular formula is C22H24ClN3O6. The van der Waals surface area contributed by atoms with Gasteiger partial charge in [-0.05, 0) is 42.8 Å². The molecule has 0 saturated carbocycles. The summed E-state index contributed by atoms with van der Waals surface area (Å²) in [7, 11) is 0. The Balaban J connectivity index is 1.29. The van der Waals surface area contributed by atoms with Crippen LogP contribution in [0.5, 0.6) is 0 Å². The minimum absolute atomic E-state index is 0.178. The van der Waals surface area contributed by atoms with E-state index in [0.29, 0.717) is 30.7 Å². The minimum Gasteiger partial charge on any atom is -0.329 e. The van der Waals surface area contributed by atoms with E-state index in [1.165, 1.54) is 0 Å². The number of hydrogen-bond acceptors (Lipinski definition) is 7. The van der Waals surface area contributed by atoms with E-state index in [1.54, 1.807) is 0 Å². The Hall–Kier alpha value is -2.75. The van der Waals surface area contributed by atoms with E-state index in [1.807, 2.05) is 42.5 Å². The summed E-state index contributed by atoms with van der Waals surface area (Å²) in [6.07, 6.45) is 5.42. The second-order valence-corrected chi connectivity index (χ2v) is 8.39. The number of fused-ring (bicyclic) bond motifs is 1. The number of benzene rings is 1. The van der Waals surface area contributed by atoms with E-state index in [2.05, 4.69) is 5.32 Å². The molecule has 2 heterocycles. The maximum Gasteiger partial charge on any atom is 0.349 e. The number of hydroxylamine groups is 4. The highest BCUT2D eigenvalue weighted by Crippen LogP contribution is 2.35. The molecule has 2 saturated heterocycles. The first-order valence-corrected chi connectivity index (χ1v) is 11.0. The second kappa shape index (κ2) is 9.81. The number of rotatable bonds is 6. The van der Waals surface area contributed by atoms with Crippen LogP contribution in [0.4, 0.5) is 4.79 Å². The van der Waals surface area contributed by atoms with Crippen LogP contribution in [0.25, 0.3) is 0 Å². The van der Waals surface area contributed by atoms with Gasteiger partial charge in [-0.1, -0.05) is 42.5 Å². The zero-order chi connectivity index (χ0) is 22.7. The van der Waals surface area contributed by atoms with Gasteiger partial charge in [0.1, 0.15) is 12.6 Å². The van der Waals surface area contributed by atoms with E-state index in [0.717, 1.165) is 10.6 Å². The fraction of sp³-hybridized carbons (Fsp3) is 0.455. The van der Waals surface area contributed by atoms with Crippen LogP contribution >= 0.6 is 11.6 Å². The summed E-state index contributed by atoms with van der Waals surface area (Å²) < 4.78 is 0. The Kier molecular flexibility index (Phi) is 6.88. The molecule has 9 nitrogen and oxygen atoms in total. The highest BCUT2D eigenvalue weighted by molar-refractivity contribution is 6.62. The van der Waals surface area contributed by atoms with E-state index < -0.39 is 41.0 Å². The Morgan fingerprint density at radius 2 is 1.72 bits per heavy atom. The molecule has 0 aromatic heterocycles. The number of halogens is 1. The third-order valence-electron chi connectivity index (χ3n) is 6.04. The van der Waals surface area contributed by atoms with Crippen LogP contribution in [-0.2, 0) is 30.7 Å². The third-order valence-corrected chi connectivity index (χ3v) is 6.21. The predicted octanol–water partition coefficient (Wildman–Crippen LogP) is 2.31. The van der Waals surface area contributed by atoms with Gasteiger partial charge in [0.25, 0.3) is 11.8 Å². The van der Waals surface area contributed by atoms with Crippen LogP contribution in [0.1, 0.15) is 31.2 Å². The van der Waals surface area contributed by atoms with E-state index in [-0.39, 0.29) is 19.2 Å². The van der Waals surface area contributed by atoms with Gasteiger partial charge >= 0.3 is 11.3 Å². The Morgan fingerprint density at radius 3 is 2.28 bits per heavy atom. The van der Waals surface area contributed by atoms with Crippen LogP contribution in [0.2, 0.25) is 0 Å². The van der Waals surface area contributed by atoms with Crippen molar-refractivity contribution in [2.24, 2.45) is 11.8 Å². The van der Waals surface area contributed by atoms with Crippen molar-refractivity contribution in [3.05, 3.63) is 48.0 Å². The van der Waals surface area contributed by atoms with E-state index in [4.69, 9.17) is 21.3 Å². The van der Waals surface area contributed by atoms with Crippen molar-refractivity contribution in [3.8, 4) is 0 Å². The Morgan fingerprint density at radius 1 is 1.06 bits per heavy atom. The van der Waals surface area contributed by atoms with Gasteiger partial charge in [-0.3, -0.25) is 19.2 Å². The van der Waals surface area contributed by atoms with E-state index in [9.17, 15) is 19.2 Å². The molecular weight excluding hydrogens is 438 g/mol. The number of hydrogen-bond donors (Lipinski definition) is 1. The van der Waals surface area contributed by atoms with E-state index >= 15 is 0 Å². The van der Waals surface area contributed by atoms with Gasteiger partial charge in [0, 0.05) is 6.54 Å². The summed E-state index contributed by atoms with van der Waals surface area (Å²) >= 11 is 5.70. The average molecular weight is 462 g/mol. The van der Waals surface area contributed by atoms with Gasteiger partial charge in [-0.2, -0.15) is 0 Å². The topological polar surface area (TPSA) is 105 Å². The molecule has 0 spiro atoms. The molecule has 1 aromatic carbocycles. The Bertz CT molecular complexity index is 890. The summed E-state index contributed by atoms with van der Waals surface area (Å²) in [6, 6.07) is 8.26. The zero-order valence-corrected chi connectivity index (χ0v) is 18.1. The lowest BCUT2D eigenvalue weighted by molar-refractivity contribution is -0.201. The maximum atomic E-state index is 12.6. The molecule has 2 unspecified atom stereocenters. The molecule has 10 heteroatoms. The number of imide groups is 1. The first-order chi connectivity index (χ1) is 15.5. The fourth-order valence-corrected chi connectivity index (χ4v) is 4.46. The van der Waals surface area contributed by atoms with Crippen LogP contribution in [0, 0.1) is 11.8 Å². The first-order valence-electron chi connectivity index (χ1n) is 10.6. The van der Waals surface area contributed by atoms with Crippen molar-refractivity contribution in [1.82, 2.24) is 15.4 Å². The summed E-state index contributed by atoms with van der Waals surface area (Å²) in [5.41, 5.74) is 0.886. The lowest BCUT2D eigenvalue weighted by Crippen LogP contribution is -2.54. The fourth-order valence-electron chi connectivity index (χ4n) is 4.27. The Labute approximate surface area is 190 Å². The monoisotopic (exact) mass is 461 g/mol. The molecule has 2 fully saturated rings. The zero-order valence-electron chi connectivity index (χ0n) is 17.3. The van der Waals surface area contributed by atoms with Crippen molar-refractivity contribution in [1.29, 1.82) is 0 Å². The van der Waals surface area contributed by atoms with Gasteiger partial charge in [-0.15, -0.1) is 5.06 Å². The molecule has 0 radical (unpaired) electrons. The molecule has 1 N–H and O–H groups in total. The molecule has 170 valence electrons. The number of amides is 3. The van der Waals surface area contributed by atoms with Gasteiger partial charge in [-0.25, -0.2) is 9.86 Å². The number of piperidine rings is 1. The van der Waals surface area contributed by atoms with Crippen molar-refractivity contribution in [3.63, 3.8) is 0 Å². The summed E-state index contributed by atoms with van der Waals surface area (Å²) in [4.78, 5) is 60.2. The normalized spacial score (nSPS) is 27.2. The average Bonchev–Trinajstić information content (AvgIpc) is 3.05. The highest BCUT2D eigenvalue weighted by Gasteiger charge is 2.50. The molecule has 1 aliphatic carbocycles. The van der Waals surface area contributed by atoms with Crippen molar-refractivity contribution in [2.45, 2.75) is 44.4 Å².